The van der Waals surface area contributed by atoms with Gasteiger partial charge in [-0.25, -0.2) is 4.98 Å². The molecule has 1 unspecified atom stereocenters. The molecule has 0 aliphatic rings. The zero-order valence-corrected chi connectivity index (χ0v) is 9.47. The largest absolute Gasteiger partial charge is 0.393 e. The Morgan fingerprint density at radius 2 is 2.12 bits per heavy atom. The van der Waals surface area contributed by atoms with E-state index in [-0.39, 0.29) is 5.92 Å². The van der Waals surface area contributed by atoms with Crippen LogP contribution < -0.4 is 5.73 Å². The van der Waals surface area contributed by atoms with E-state index < -0.39 is 0 Å². The minimum absolute atomic E-state index is 0.00194. The van der Waals surface area contributed by atoms with Crippen molar-refractivity contribution in [1.82, 2.24) is 14.8 Å². The Labute approximate surface area is 99.1 Å². The summed E-state index contributed by atoms with van der Waals surface area (Å²) in [4.78, 5) is 4.37. The third-order valence-electron chi connectivity index (χ3n) is 2.38. The van der Waals surface area contributed by atoms with Gasteiger partial charge in [-0.05, 0) is 5.56 Å². The highest BCUT2D eigenvalue weighted by atomic mass is 32.1. The van der Waals surface area contributed by atoms with Crippen molar-refractivity contribution in [2.75, 3.05) is 0 Å². The van der Waals surface area contributed by atoms with Crippen LogP contribution >= 0.6 is 12.2 Å². The van der Waals surface area contributed by atoms with Crippen molar-refractivity contribution in [3.05, 3.63) is 48.5 Å². The van der Waals surface area contributed by atoms with Crippen LogP contribution in [-0.4, -0.2) is 19.8 Å². The Balaban J connectivity index is 2.22. The van der Waals surface area contributed by atoms with Crippen LogP contribution in [0.5, 0.6) is 0 Å². The molecule has 2 rings (SSSR count). The van der Waals surface area contributed by atoms with Crippen molar-refractivity contribution in [2.45, 2.75) is 12.5 Å². The molecular formula is C11H12N4S. The highest BCUT2D eigenvalue weighted by Gasteiger charge is 2.15. The Bertz CT molecular complexity index is 452. The number of benzene rings is 1. The lowest BCUT2D eigenvalue weighted by molar-refractivity contribution is 0.588. The highest BCUT2D eigenvalue weighted by molar-refractivity contribution is 7.80. The number of aromatic nitrogens is 3. The van der Waals surface area contributed by atoms with E-state index in [1.807, 2.05) is 30.3 Å². The molecule has 2 aromatic rings. The second-order valence-corrected chi connectivity index (χ2v) is 3.95. The first-order valence-electron chi connectivity index (χ1n) is 4.94. The third-order valence-corrected chi connectivity index (χ3v) is 2.67. The summed E-state index contributed by atoms with van der Waals surface area (Å²) in [5, 5.41) is 4.05. The number of nitrogens with two attached hydrogens (primary N) is 1. The number of rotatable bonds is 4. The number of hydrogen-bond donors (Lipinski definition) is 1. The van der Waals surface area contributed by atoms with Gasteiger partial charge in [0.1, 0.15) is 12.7 Å². The quantitative estimate of drug-likeness (QED) is 0.808. The highest BCUT2D eigenvalue weighted by Crippen LogP contribution is 2.17. The normalized spacial score (nSPS) is 12.2. The van der Waals surface area contributed by atoms with Crippen molar-refractivity contribution < 1.29 is 0 Å². The molecule has 0 saturated heterocycles. The molecule has 0 amide bonds. The van der Waals surface area contributed by atoms with Gasteiger partial charge >= 0.3 is 0 Å². The molecule has 1 heterocycles. The molecule has 0 bridgehead atoms. The standard InChI is InChI=1S/C11H12N4S/c12-11(16)10(6-15-8-13-7-14-15)9-4-2-1-3-5-9/h1-5,7-8,10H,6H2,(H2,12,16). The molecule has 2 N–H and O–H groups in total. The van der Waals surface area contributed by atoms with Gasteiger partial charge in [0.05, 0.1) is 17.5 Å². The van der Waals surface area contributed by atoms with Crippen molar-refractivity contribution >= 4 is 17.2 Å². The smallest absolute Gasteiger partial charge is 0.137 e. The summed E-state index contributed by atoms with van der Waals surface area (Å²) in [5.41, 5.74) is 6.86. The van der Waals surface area contributed by atoms with E-state index in [1.54, 1.807) is 11.0 Å². The lowest BCUT2D eigenvalue weighted by Gasteiger charge is -2.15. The molecule has 4 nitrogen and oxygen atoms in total. The van der Waals surface area contributed by atoms with E-state index in [2.05, 4.69) is 10.1 Å². The molecule has 1 aromatic heterocycles. The predicted molar refractivity (Wildman–Crippen MR) is 66.0 cm³/mol. The average molecular weight is 232 g/mol. The van der Waals surface area contributed by atoms with E-state index in [4.69, 9.17) is 18.0 Å². The monoisotopic (exact) mass is 232 g/mol. The number of thiocarbonyl (C=S) groups is 1. The second-order valence-electron chi connectivity index (χ2n) is 3.48. The minimum Gasteiger partial charge on any atom is -0.393 e. The number of nitrogens with zero attached hydrogens (tertiary/aromatic N) is 3. The van der Waals surface area contributed by atoms with Crippen molar-refractivity contribution in [2.24, 2.45) is 5.73 Å². The van der Waals surface area contributed by atoms with E-state index in [1.165, 1.54) is 6.33 Å². The average Bonchev–Trinajstić information content (AvgIpc) is 2.79. The van der Waals surface area contributed by atoms with Crippen LogP contribution in [-0.2, 0) is 6.54 Å². The lowest BCUT2D eigenvalue weighted by Crippen LogP contribution is -2.24. The molecule has 0 fully saturated rings. The fourth-order valence-electron chi connectivity index (χ4n) is 1.56. The Kier molecular flexibility index (Phi) is 3.26. The lowest BCUT2D eigenvalue weighted by atomic mass is 9.99. The summed E-state index contributed by atoms with van der Waals surface area (Å²) in [6.07, 6.45) is 3.16. The van der Waals surface area contributed by atoms with Gasteiger partial charge in [0.2, 0.25) is 0 Å². The van der Waals surface area contributed by atoms with Gasteiger partial charge in [0.15, 0.2) is 0 Å². The molecule has 1 atom stereocenters. The van der Waals surface area contributed by atoms with E-state index in [9.17, 15) is 0 Å². The zero-order chi connectivity index (χ0) is 11.4. The molecule has 0 radical (unpaired) electrons. The Hall–Kier alpha value is -1.75. The second kappa shape index (κ2) is 4.85. The zero-order valence-electron chi connectivity index (χ0n) is 8.65. The van der Waals surface area contributed by atoms with Gasteiger partial charge in [-0.15, -0.1) is 0 Å². The summed E-state index contributed by atoms with van der Waals surface area (Å²) in [6.45, 7) is 0.624. The summed E-state index contributed by atoms with van der Waals surface area (Å²) in [7, 11) is 0. The van der Waals surface area contributed by atoms with Gasteiger partial charge in [0, 0.05) is 0 Å². The summed E-state index contributed by atoms with van der Waals surface area (Å²) in [5.74, 6) is -0.00194. The Morgan fingerprint density at radius 3 is 2.69 bits per heavy atom. The molecule has 16 heavy (non-hydrogen) atoms. The molecule has 82 valence electrons. The van der Waals surface area contributed by atoms with Crippen LogP contribution in [0.1, 0.15) is 11.5 Å². The fourth-order valence-corrected chi connectivity index (χ4v) is 1.77. The molecule has 0 aliphatic heterocycles. The molecular weight excluding hydrogens is 220 g/mol. The van der Waals surface area contributed by atoms with Crippen molar-refractivity contribution in [3.63, 3.8) is 0 Å². The van der Waals surface area contributed by atoms with Crippen LogP contribution in [0, 0.1) is 0 Å². The first-order valence-corrected chi connectivity index (χ1v) is 5.35. The molecule has 0 aliphatic carbocycles. The van der Waals surface area contributed by atoms with E-state index in [0.29, 0.717) is 11.5 Å². The molecule has 0 spiro atoms. The van der Waals surface area contributed by atoms with Gasteiger partial charge < -0.3 is 5.73 Å². The third kappa shape index (κ3) is 2.43. The predicted octanol–water partition coefficient (Wildman–Crippen LogP) is 1.35. The molecule has 0 saturated carbocycles. The maximum Gasteiger partial charge on any atom is 0.137 e. The number of hydrogen-bond acceptors (Lipinski definition) is 3. The van der Waals surface area contributed by atoms with Gasteiger partial charge in [-0.2, -0.15) is 5.10 Å². The van der Waals surface area contributed by atoms with E-state index >= 15 is 0 Å². The summed E-state index contributed by atoms with van der Waals surface area (Å²) < 4.78 is 1.73. The van der Waals surface area contributed by atoms with Crippen LogP contribution in [0.15, 0.2) is 43.0 Å². The van der Waals surface area contributed by atoms with E-state index in [0.717, 1.165) is 5.56 Å². The van der Waals surface area contributed by atoms with Gasteiger partial charge in [-0.3, -0.25) is 4.68 Å². The first-order chi connectivity index (χ1) is 7.77. The molecule has 1 aromatic carbocycles. The van der Waals surface area contributed by atoms with Crippen LogP contribution in [0.4, 0.5) is 0 Å². The van der Waals surface area contributed by atoms with Crippen LogP contribution in [0.3, 0.4) is 0 Å². The fraction of sp³-hybridized carbons (Fsp3) is 0.182. The Morgan fingerprint density at radius 1 is 1.38 bits per heavy atom. The molecule has 5 heteroatoms. The van der Waals surface area contributed by atoms with Crippen LogP contribution in [0.2, 0.25) is 0 Å². The minimum atomic E-state index is -0.00194. The maximum absolute atomic E-state index is 5.76. The van der Waals surface area contributed by atoms with Crippen LogP contribution in [0.25, 0.3) is 0 Å². The maximum atomic E-state index is 5.76. The SMILES string of the molecule is NC(=S)C(Cn1cncn1)c1ccccc1. The van der Waals surface area contributed by atoms with Crippen molar-refractivity contribution in [3.8, 4) is 0 Å². The van der Waals surface area contributed by atoms with Crippen molar-refractivity contribution in [1.29, 1.82) is 0 Å². The summed E-state index contributed by atoms with van der Waals surface area (Å²) in [6, 6.07) is 9.95. The topological polar surface area (TPSA) is 56.7 Å². The van der Waals surface area contributed by atoms with Gasteiger partial charge in [-0.1, -0.05) is 42.5 Å². The van der Waals surface area contributed by atoms with Gasteiger partial charge in [0.25, 0.3) is 0 Å². The summed E-state index contributed by atoms with van der Waals surface area (Å²) >= 11 is 5.09. The first kappa shape index (κ1) is 10.8.